The average Bonchev–Trinajstić information content (AvgIpc) is 3.23. The van der Waals surface area contributed by atoms with Crippen LogP contribution < -0.4 is 30.3 Å². The molecule has 10 nitrogen and oxygen atoms in total. The second kappa shape index (κ2) is 10.6. The third kappa shape index (κ3) is 5.81. The zero-order valence-electron chi connectivity index (χ0n) is 22.8. The van der Waals surface area contributed by atoms with Crippen molar-refractivity contribution < 1.29 is 17.9 Å². The smallest absolute Gasteiger partial charge is 0.246 e. The highest BCUT2D eigenvalue weighted by atomic mass is 32.2. The average molecular weight is 553 g/mol. The van der Waals surface area contributed by atoms with Crippen LogP contribution in [-0.4, -0.2) is 58.1 Å². The van der Waals surface area contributed by atoms with E-state index in [9.17, 15) is 8.42 Å². The maximum atomic E-state index is 13.3. The quantitative estimate of drug-likeness (QED) is 0.401. The lowest BCUT2D eigenvalue weighted by Gasteiger charge is -2.30. The van der Waals surface area contributed by atoms with Crippen LogP contribution in [0.3, 0.4) is 0 Å². The summed E-state index contributed by atoms with van der Waals surface area (Å²) in [5, 5.41) is 3.33. The largest absolute Gasteiger partial charge is 0.477 e. The molecule has 11 heteroatoms. The fraction of sp³-hybridized carbons (Fsp3) is 0.393. The number of fused-ring (bicyclic) bond motifs is 1. The second-order valence-corrected chi connectivity index (χ2v) is 12.3. The Hall–Kier alpha value is -3.38. The normalized spacial score (nSPS) is 17.6. The number of rotatable bonds is 7. The van der Waals surface area contributed by atoms with Gasteiger partial charge in [-0.05, 0) is 75.7 Å². The van der Waals surface area contributed by atoms with Gasteiger partial charge in [0.2, 0.25) is 15.9 Å². The molecule has 39 heavy (non-hydrogen) atoms. The molecule has 0 radical (unpaired) electrons. The lowest BCUT2D eigenvalue weighted by Crippen LogP contribution is -2.40. The van der Waals surface area contributed by atoms with Gasteiger partial charge in [-0.25, -0.2) is 18.1 Å². The van der Waals surface area contributed by atoms with Crippen molar-refractivity contribution >= 4 is 32.8 Å². The van der Waals surface area contributed by atoms with Gasteiger partial charge in [-0.3, -0.25) is 5.73 Å². The number of morpholine rings is 1. The topological polar surface area (TPSA) is 122 Å². The fourth-order valence-corrected chi connectivity index (χ4v) is 6.38. The summed E-state index contributed by atoms with van der Waals surface area (Å²) >= 11 is 0. The third-order valence-electron chi connectivity index (χ3n) is 6.51. The maximum absolute atomic E-state index is 13.3. The first-order chi connectivity index (χ1) is 18.6. The van der Waals surface area contributed by atoms with Crippen LogP contribution in [0.1, 0.15) is 27.7 Å². The highest BCUT2D eigenvalue weighted by Crippen LogP contribution is 2.42. The van der Waals surface area contributed by atoms with Crippen LogP contribution in [0, 0.1) is 0 Å². The Balaban J connectivity index is 1.49. The van der Waals surface area contributed by atoms with E-state index >= 15 is 0 Å². The van der Waals surface area contributed by atoms with E-state index in [1.807, 2.05) is 23.1 Å². The van der Waals surface area contributed by atoms with E-state index < -0.39 is 21.9 Å². The van der Waals surface area contributed by atoms with Gasteiger partial charge in [0.15, 0.2) is 6.29 Å². The van der Waals surface area contributed by atoms with Gasteiger partial charge in [0.25, 0.3) is 0 Å². The lowest BCUT2D eigenvalue weighted by atomic mass is 10.1. The monoisotopic (exact) mass is 552 g/mol. The second-order valence-electron chi connectivity index (χ2n) is 10.6. The van der Waals surface area contributed by atoms with E-state index in [2.05, 4.69) is 44.2 Å². The number of hydrogen-bond donors (Lipinski definition) is 3. The predicted molar refractivity (Wildman–Crippen MR) is 154 cm³/mol. The summed E-state index contributed by atoms with van der Waals surface area (Å²) < 4.78 is 40.3. The number of anilines is 4. The fourth-order valence-electron chi connectivity index (χ4n) is 4.84. The number of hydrogen-bond acceptors (Lipinski definition) is 9. The first kappa shape index (κ1) is 27.2. The molecule has 2 aromatic carbocycles. The Bertz CT molecular complexity index is 1430. The number of nitrogens with two attached hydrogens (primary N) is 1. The van der Waals surface area contributed by atoms with Crippen LogP contribution in [0.5, 0.6) is 5.88 Å². The van der Waals surface area contributed by atoms with E-state index in [1.54, 1.807) is 40.0 Å². The number of nitrogens with zero attached hydrogens (tertiary/aromatic N) is 3. The molecule has 2 aliphatic rings. The first-order valence-electron chi connectivity index (χ1n) is 13.1. The molecule has 3 aromatic rings. The molecule has 5 rings (SSSR count). The molecule has 0 saturated carbocycles. The Morgan fingerprint density at radius 1 is 1.08 bits per heavy atom. The standard InChI is InChI=1S/C28H36N6O4S/c1-5-38-26-25(39(35,36)32-28(2,3)4)17-20(18-30-26)19-6-11-23-24(16-19)34(27(29)31-23)22-9-7-21(8-10-22)33-12-14-37-15-13-33/h6-11,16-18,27,31-32H,5,12-15,29H2,1-4H3. The minimum Gasteiger partial charge on any atom is -0.477 e. The van der Waals surface area contributed by atoms with Crippen LogP contribution in [-0.2, 0) is 14.8 Å². The van der Waals surface area contributed by atoms with Gasteiger partial charge in [-0.2, -0.15) is 0 Å². The highest BCUT2D eigenvalue weighted by Gasteiger charge is 2.30. The zero-order chi connectivity index (χ0) is 27.8. The Kier molecular flexibility index (Phi) is 7.43. The molecule has 1 aromatic heterocycles. The number of pyridine rings is 1. The van der Waals surface area contributed by atoms with Crippen molar-refractivity contribution in [2.45, 2.75) is 44.4 Å². The minimum atomic E-state index is -3.88. The van der Waals surface area contributed by atoms with Crippen molar-refractivity contribution in [2.24, 2.45) is 5.73 Å². The molecule has 1 fully saturated rings. The number of ether oxygens (including phenoxy) is 2. The molecule has 0 aliphatic carbocycles. The van der Waals surface area contributed by atoms with Gasteiger partial charge in [0.1, 0.15) is 4.90 Å². The van der Waals surface area contributed by atoms with Gasteiger partial charge in [-0.15, -0.1) is 0 Å². The number of nitrogens with one attached hydrogen (secondary N) is 2. The molecule has 2 aliphatic heterocycles. The summed E-state index contributed by atoms with van der Waals surface area (Å²) in [6, 6.07) is 15.8. The van der Waals surface area contributed by atoms with Crippen LogP contribution in [0.4, 0.5) is 22.7 Å². The van der Waals surface area contributed by atoms with Crippen molar-refractivity contribution in [3.05, 3.63) is 54.7 Å². The van der Waals surface area contributed by atoms with Crippen molar-refractivity contribution in [3.8, 4) is 17.0 Å². The first-order valence-corrected chi connectivity index (χ1v) is 14.6. The van der Waals surface area contributed by atoms with Gasteiger partial charge >= 0.3 is 0 Å². The highest BCUT2D eigenvalue weighted by molar-refractivity contribution is 7.89. The molecule has 1 atom stereocenters. The van der Waals surface area contributed by atoms with Gasteiger partial charge in [0, 0.05) is 41.8 Å². The summed E-state index contributed by atoms with van der Waals surface area (Å²) in [7, 11) is -3.88. The molecule has 0 bridgehead atoms. The van der Waals surface area contributed by atoms with Crippen molar-refractivity contribution in [1.82, 2.24) is 9.71 Å². The predicted octanol–water partition coefficient (Wildman–Crippen LogP) is 3.87. The van der Waals surface area contributed by atoms with Crippen LogP contribution in [0.2, 0.25) is 0 Å². The molecule has 3 heterocycles. The van der Waals surface area contributed by atoms with E-state index in [0.29, 0.717) is 12.2 Å². The van der Waals surface area contributed by atoms with Crippen molar-refractivity contribution in [3.63, 3.8) is 0 Å². The molecule has 4 N–H and O–H groups in total. The summed E-state index contributed by atoms with van der Waals surface area (Å²) in [5.41, 5.74) is 11.2. The minimum absolute atomic E-state index is 0.00246. The molecule has 0 amide bonds. The number of sulfonamides is 1. The van der Waals surface area contributed by atoms with Crippen molar-refractivity contribution in [2.75, 3.05) is 48.0 Å². The molecule has 208 valence electrons. The summed E-state index contributed by atoms with van der Waals surface area (Å²) in [6.07, 6.45) is 1.18. The van der Waals surface area contributed by atoms with Gasteiger partial charge in [0.05, 0.1) is 31.2 Å². The van der Waals surface area contributed by atoms with Crippen molar-refractivity contribution in [1.29, 1.82) is 0 Å². The number of benzene rings is 2. The van der Waals surface area contributed by atoms with Crippen LogP contribution in [0.15, 0.2) is 59.6 Å². The van der Waals surface area contributed by atoms with E-state index in [1.165, 1.54) is 0 Å². The van der Waals surface area contributed by atoms with Crippen LogP contribution >= 0.6 is 0 Å². The molecule has 0 spiro atoms. The Labute approximate surface area is 230 Å². The Morgan fingerprint density at radius 3 is 2.44 bits per heavy atom. The molecular formula is C28H36N6O4S. The number of aromatic nitrogens is 1. The lowest BCUT2D eigenvalue weighted by molar-refractivity contribution is 0.122. The third-order valence-corrected chi connectivity index (χ3v) is 8.26. The van der Waals surface area contributed by atoms with Gasteiger partial charge < -0.3 is 24.6 Å². The van der Waals surface area contributed by atoms with Gasteiger partial charge in [-0.1, -0.05) is 6.07 Å². The Morgan fingerprint density at radius 2 is 1.77 bits per heavy atom. The van der Waals surface area contributed by atoms with E-state index in [0.717, 1.165) is 54.6 Å². The van der Waals surface area contributed by atoms with Crippen LogP contribution in [0.25, 0.3) is 11.1 Å². The summed E-state index contributed by atoms with van der Waals surface area (Å²) in [6.45, 7) is 10.7. The molecular weight excluding hydrogens is 516 g/mol. The SMILES string of the molecule is CCOc1ncc(-c2ccc3c(c2)N(c2ccc(N4CCOCC4)cc2)C(N)N3)cc1S(=O)(=O)NC(C)(C)C. The summed E-state index contributed by atoms with van der Waals surface area (Å²) in [5.74, 6) is 0.0739. The maximum Gasteiger partial charge on any atom is 0.246 e. The zero-order valence-corrected chi connectivity index (χ0v) is 23.6. The molecule has 1 saturated heterocycles. The molecule has 1 unspecified atom stereocenters. The van der Waals surface area contributed by atoms with E-state index in [4.69, 9.17) is 15.2 Å². The van der Waals surface area contributed by atoms with E-state index in [-0.39, 0.29) is 10.8 Å². The summed E-state index contributed by atoms with van der Waals surface area (Å²) in [4.78, 5) is 8.71.